The van der Waals surface area contributed by atoms with Crippen molar-refractivity contribution in [3.8, 4) is 0 Å². The first-order valence-electron chi connectivity index (χ1n) is 6.29. The van der Waals surface area contributed by atoms with Crippen molar-refractivity contribution in [2.45, 2.75) is 0 Å². The Morgan fingerprint density at radius 2 is 1.52 bits per heavy atom. The minimum absolute atomic E-state index is 0.0340. The smallest absolute Gasteiger partial charge is 0.297 e. The van der Waals surface area contributed by atoms with Crippen LogP contribution in [0.25, 0.3) is 0 Å². The summed E-state index contributed by atoms with van der Waals surface area (Å²) in [6.07, 6.45) is 0. The number of rotatable bonds is 2. The number of halogens is 4. The molecular formula is C15H10Cl4N2O2. The molecular weight excluding hydrogens is 382 g/mol. The van der Waals surface area contributed by atoms with E-state index in [1.54, 1.807) is 18.2 Å². The number of benzene rings is 2. The van der Waals surface area contributed by atoms with Gasteiger partial charge in [-0.05, 0) is 30.3 Å². The Hall–Kier alpha value is -1.46. The van der Waals surface area contributed by atoms with Crippen LogP contribution in [-0.4, -0.2) is 19.0 Å². The average Bonchev–Trinajstić information content (AvgIpc) is 2.49. The van der Waals surface area contributed by atoms with E-state index < -0.39 is 11.9 Å². The maximum Gasteiger partial charge on any atom is 0.328 e. The van der Waals surface area contributed by atoms with Gasteiger partial charge in [0.1, 0.15) is 0 Å². The van der Waals surface area contributed by atoms with Crippen molar-refractivity contribution in [1.29, 1.82) is 0 Å². The van der Waals surface area contributed by atoms with Crippen LogP contribution >= 0.6 is 46.4 Å². The molecule has 0 radical (unpaired) electrons. The number of hydrogen-bond acceptors (Lipinski definition) is 2. The Balaban J connectivity index is 2.18. The zero-order valence-electron chi connectivity index (χ0n) is 11.7. The van der Waals surface area contributed by atoms with Gasteiger partial charge < -0.3 is 0 Å². The van der Waals surface area contributed by atoms with E-state index in [1.807, 2.05) is 0 Å². The topological polar surface area (TPSA) is 49.4 Å². The molecule has 0 saturated carbocycles. The van der Waals surface area contributed by atoms with Gasteiger partial charge in [-0.25, -0.2) is 4.79 Å². The minimum Gasteiger partial charge on any atom is -0.297 e. The summed E-state index contributed by atoms with van der Waals surface area (Å²) >= 11 is 23.6. The molecule has 23 heavy (non-hydrogen) atoms. The van der Waals surface area contributed by atoms with Gasteiger partial charge in [-0.15, -0.1) is 0 Å². The summed E-state index contributed by atoms with van der Waals surface area (Å²) < 4.78 is 0. The minimum atomic E-state index is -0.697. The lowest BCUT2D eigenvalue weighted by Crippen LogP contribution is -2.41. The molecule has 4 nitrogen and oxygen atoms in total. The highest BCUT2D eigenvalue weighted by Gasteiger charge is 2.20. The number of nitrogens with one attached hydrogen (secondary N) is 1. The number of carbonyl (C=O) groups is 2. The summed E-state index contributed by atoms with van der Waals surface area (Å²) in [6, 6.07) is 8.62. The number of anilines is 1. The predicted octanol–water partition coefficient (Wildman–Crippen LogP) is 5.29. The average molecular weight is 392 g/mol. The number of urea groups is 1. The molecule has 8 heteroatoms. The molecule has 0 spiro atoms. The highest BCUT2D eigenvalue weighted by atomic mass is 35.5. The third-order valence-electron chi connectivity index (χ3n) is 3.01. The molecule has 0 bridgehead atoms. The maximum absolute atomic E-state index is 12.2. The molecule has 0 aliphatic carbocycles. The normalized spacial score (nSPS) is 10.3. The molecule has 0 aliphatic rings. The molecule has 2 aromatic rings. The molecule has 1 N–H and O–H groups in total. The monoisotopic (exact) mass is 390 g/mol. The lowest BCUT2D eigenvalue weighted by atomic mass is 10.2. The second-order valence-electron chi connectivity index (χ2n) is 4.51. The van der Waals surface area contributed by atoms with E-state index in [4.69, 9.17) is 46.4 Å². The summed E-state index contributed by atoms with van der Waals surface area (Å²) in [4.78, 5) is 25.6. The van der Waals surface area contributed by atoms with E-state index in [0.717, 1.165) is 0 Å². The van der Waals surface area contributed by atoms with Gasteiger partial charge in [-0.1, -0.05) is 52.5 Å². The van der Waals surface area contributed by atoms with Gasteiger partial charge in [0.15, 0.2) is 0 Å². The van der Waals surface area contributed by atoms with Crippen molar-refractivity contribution < 1.29 is 9.59 Å². The van der Waals surface area contributed by atoms with E-state index >= 15 is 0 Å². The molecule has 0 aliphatic heterocycles. The maximum atomic E-state index is 12.2. The van der Waals surface area contributed by atoms with E-state index in [9.17, 15) is 9.59 Å². The molecule has 0 heterocycles. The van der Waals surface area contributed by atoms with Gasteiger partial charge in [0.2, 0.25) is 0 Å². The molecule has 0 atom stereocenters. The van der Waals surface area contributed by atoms with Gasteiger partial charge in [0, 0.05) is 12.7 Å². The third kappa shape index (κ3) is 4.09. The van der Waals surface area contributed by atoms with Crippen LogP contribution in [-0.2, 0) is 0 Å². The number of imide groups is 1. The van der Waals surface area contributed by atoms with Crippen LogP contribution in [0.3, 0.4) is 0 Å². The quantitative estimate of drug-likeness (QED) is 0.756. The first kappa shape index (κ1) is 17.9. The molecule has 0 fully saturated rings. The van der Waals surface area contributed by atoms with Gasteiger partial charge in [-0.2, -0.15) is 0 Å². The molecule has 0 aromatic heterocycles. The zero-order chi connectivity index (χ0) is 17.1. The third-order valence-corrected chi connectivity index (χ3v) is 4.37. The van der Waals surface area contributed by atoms with Crippen molar-refractivity contribution in [1.82, 2.24) is 5.32 Å². The fourth-order valence-electron chi connectivity index (χ4n) is 1.77. The molecule has 2 rings (SSSR count). The van der Waals surface area contributed by atoms with Gasteiger partial charge >= 0.3 is 6.03 Å². The SMILES string of the molecule is CN(C(=O)NC(=O)c1c(Cl)cccc1Cl)c1ccc(Cl)c(Cl)c1. The van der Waals surface area contributed by atoms with Crippen LogP contribution in [0.1, 0.15) is 10.4 Å². The number of carbonyl (C=O) groups excluding carboxylic acids is 2. The summed E-state index contributed by atoms with van der Waals surface area (Å²) in [5.41, 5.74) is 0.502. The Labute approximate surface area is 152 Å². The molecule has 0 saturated heterocycles. The van der Waals surface area contributed by atoms with Crippen LogP contribution in [0, 0.1) is 0 Å². The number of hydrogen-bond donors (Lipinski definition) is 1. The lowest BCUT2D eigenvalue weighted by molar-refractivity contribution is 0.0966. The van der Waals surface area contributed by atoms with Crippen LogP contribution < -0.4 is 10.2 Å². The fourth-order valence-corrected chi connectivity index (χ4v) is 2.63. The zero-order valence-corrected chi connectivity index (χ0v) is 14.8. The van der Waals surface area contributed by atoms with Crippen LogP contribution in [0.15, 0.2) is 36.4 Å². The van der Waals surface area contributed by atoms with Crippen LogP contribution in [0.2, 0.25) is 20.1 Å². The van der Waals surface area contributed by atoms with Crippen molar-refractivity contribution >= 4 is 64.0 Å². The van der Waals surface area contributed by atoms with Crippen LogP contribution in [0.4, 0.5) is 10.5 Å². The highest BCUT2D eigenvalue weighted by Crippen LogP contribution is 2.27. The first-order valence-corrected chi connectivity index (χ1v) is 7.80. The van der Waals surface area contributed by atoms with Crippen molar-refractivity contribution in [2.75, 3.05) is 11.9 Å². The van der Waals surface area contributed by atoms with Gasteiger partial charge in [0.25, 0.3) is 5.91 Å². The standard InChI is InChI=1S/C15H10Cl4N2O2/c1-21(8-5-6-9(16)12(19)7-8)15(23)20-14(22)13-10(17)3-2-4-11(13)18/h2-7H,1H3,(H,20,22,23). The highest BCUT2D eigenvalue weighted by molar-refractivity contribution is 6.42. The molecule has 2 aromatic carbocycles. The summed E-state index contributed by atoms with van der Waals surface area (Å²) in [7, 11) is 1.48. The second kappa shape index (κ2) is 7.41. The Morgan fingerprint density at radius 1 is 0.913 bits per heavy atom. The predicted molar refractivity (Wildman–Crippen MR) is 94.2 cm³/mol. The Morgan fingerprint density at radius 3 is 2.09 bits per heavy atom. The Bertz CT molecular complexity index is 760. The molecule has 3 amide bonds. The lowest BCUT2D eigenvalue weighted by Gasteiger charge is -2.18. The van der Waals surface area contributed by atoms with Crippen molar-refractivity contribution in [2.24, 2.45) is 0 Å². The van der Waals surface area contributed by atoms with Gasteiger partial charge in [-0.3, -0.25) is 15.0 Å². The fraction of sp³-hybridized carbons (Fsp3) is 0.0667. The summed E-state index contributed by atoms with van der Waals surface area (Å²) in [5.74, 6) is -0.697. The first-order chi connectivity index (χ1) is 10.8. The van der Waals surface area contributed by atoms with Crippen LogP contribution in [0.5, 0.6) is 0 Å². The Kier molecular flexibility index (Phi) is 5.76. The van der Waals surface area contributed by atoms with Crippen molar-refractivity contribution in [3.63, 3.8) is 0 Å². The van der Waals surface area contributed by atoms with Gasteiger partial charge in [0.05, 0.1) is 25.7 Å². The molecule has 120 valence electrons. The summed E-state index contributed by atoms with van der Waals surface area (Å²) in [6.45, 7) is 0. The molecule has 0 unspecified atom stereocenters. The number of amides is 3. The number of nitrogens with zero attached hydrogens (tertiary/aromatic N) is 1. The van der Waals surface area contributed by atoms with E-state index in [0.29, 0.717) is 15.7 Å². The van der Waals surface area contributed by atoms with E-state index in [2.05, 4.69) is 5.32 Å². The second-order valence-corrected chi connectivity index (χ2v) is 6.14. The van der Waals surface area contributed by atoms with E-state index in [1.165, 1.54) is 30.1 Å². The van der Waals surface area contributed by atoms with Crippen molar-refractivity contribution in [3.05, 3.63) is 62.1 Å². The largest absolute Gasteiger partial charge is 0.328 e. The summed E-state index contributed by atoms with van der Waals surface area (Å²) in [5, 5.41) is 3.18. The van der Waals surface area contributed by atoms with E-state index in [-0.39, 0.29) is 15.6 Å².